The molecule has 4 rings (SSSR count). The predicted octanol–water partition coefficient (Wildman–Crippen LogP) is 2.78. The minimum absolute atomic E-state index is 0.105. The summed E-state index contributed by atoms with van der Waals surface area (Å²) < 4.78 is 5.10. The Hall–Kier alpha value is -3.66. The number of rotatable bonds is 5. The summed E-state index contributed by atoms with van der Waals surface area (Å²) in [5.74, 6) is -2.15. The molecule has 178 valence electrons. The first-order valence-corrected chi connectivity index (χ1v) is 11.3. The maximum atomic E-state index is 13.0. The van der Waals surface area contributed by atoms with Gasteiger partial charge >= 0.3 is 5.97 Å². The molecule has 34 heavy (non-hydrogen) atoms. The van der Waals surface area contributed by atoms with Gasteiger partial charge in [0.15, 0.2) is 5.92 Å². The molecule has 2 atom stereocenters. The number of nitrogens with zero attached hydrogens (tertiary/aromatic N) is 4. The van der Waals surface area contributed by atoms with Gasteiger partial charge in [0.2, 0.25) is 11.9 Å². The molecular formula is C23H24ClN5O5. The first kappa shape index (κ1) is 23.5. The van der Waals surface area contributed by atoms with Crippen LogP contribution in [0.2, 0.25) is 5.02 Å². The summed E-state index contributed by atoms with van der Waals surface area (Å²) in [6.07, 6.45) is 0. The Kier molecular flexibility index (Phi) is 6.97. The van der Waals surface area contributed by atoms with Crippen molar-refractivity contribution in [3.8, 4) is 0 Å². The van der Waals surface area contributed by atoms with Crippen LogP contribution in [0.5, 0.6) is 0 Å². The Balaban J connectivity index is 1.59. The third-order valence-corrected chi connectivity index (χ3v) is 6.08. The van der Waals surface area contributed by atoms with Gasteiger partial charge in [-0.3, -0.25) is 25.0 Å². The van der Waals surface area contributed by atoms with E-state index in [1.807, 2.05) is 29.2 Å². The quantitative estimate of drug-likeness (QED) is 0.299. The summed E-state index contributed by atoms with van der Waals surface area (Å²) in [6, 6.07) is 12.5. The number of aliphatic imine (C=N–C) groups is 1. The van der Waals surface area contributed by atoms with Crippen LogP contribution in [0.1, 0.15) is 18.5 Å². The highest BCUT2D eigenvalue weighted by molar-refractivity contribution is 6.30. The molecule has 0 radical (unpaired) electrons. The van der Waals surface area contributed by atoms with Crippen molar-refractivity contribution in [2.75, 3.05) is 37.7 Å². The first-order chi connectivity index (χ1) is 16.4. The number of non-ortho nitro benzene ring substituents is 1. The Morgan fingerprint density at radius 1 is 1.18 bits per heavy atom. The van der Waals surface area contributed by atoms with Crippen molar-refractivity contribution in [2.24, 2.45) is 10.9 Å². The van der Waals surface area contributed by atoms with Crippen molar-refractivity contribution in [1.82, 2.24) is 10.2 Å². The average molecular weight is 486 g/mol. The van der Waals surface area contributed by atoms with Crippen LogP contribution < -0.4 is 10.2 Å². The highest BCUT2D eigenvalue weighted by Crippen LogP contribution is 2.33. The smallest absolute Gasteiger partial charge is 0.321 e. The normalized spacial score (nSPS) is 20.4. The third-order valence-electron chi connectivity index (χ3n) is 5.83. The number of esters is 1. The van der Waals surface area contributed by atoms with Gasteiger partial charge in [-0.15, -0.1) is 0 Å². The highest BCUT2D eigenvalue weighted by Gasteiger charge is 2.42. The van der Waals surface area contributed by atoms with Crippen molar-refractivity contribution >= 4 is 40.8 Å². The number of amides is 1. The maximum Gasteiger partial charge on any atom is 0.321 e. The zero-order valence-corrected chi connectivity index (χ0v) is 19.3. The molecule has 0 aliphatic carbocycles. The molecule has 0 aromatic heterocycles. The first-order valence-electron chi connectivity index (χ1n) is 10.9. The van der Waals surface area contributed by atoms with Crippen molar-refractivity contribution in [3.05, 3.63) is 69.2 Å². The second-order valence-electron chi connectivity index (χ2n) is 7.92. The highest BCUT2D eigenvalue weighted by atomic mass is 35.5. The molecule has 2 aliphatic heterocycles. The summed E-state index contributed by atoms with van der Waals surface area (Å²) in [5, 5.41) is 14.7. The number of benzene rings is 2. The van der Waals surface area contributed by atoms with E-state index in [1.165, 1.54) is 18.2 Å². The molecule has 11 heteroatoms. The van der Waals surface area contributed by atoms with Crippen LogP contribution in [-0.2, 0) is 14.3 Å². The van der Waals surface area contributed by atoms with E-state index in [9.17, 15) is 19.7 Å². The lowest BCUT2D eigenvalue weighted by Crippen LogP contribution is -2.57. The van der Waals surface area contributed by atoms with Crippen LogP contribution in [-0.4, -0.2) is 60.4 Å². The Bertz CT molecular complexity index is 1110. The second-order valence-corrected chi connectivity index (χ2v) is 8.36. The summed E-state index contributed by atoms with van der Waals surface area (Å²) >= 11 is 5.98. The molecule has 2 heterocycles. The number of carbonyl (C=O) groups is 2. The van der Waals surface area contributed by atoms with Gasteiger partial charge in [0.1, 0.15) is 6.04 Å². The summed E-state index contributed by atoms with van der Waals surface area (Å²) in [6.45, 7) is 4.32. The van der Waals surface area contributed by atoms with Gasteiger partial charge in [-0.25, -0.2) is 4.99 Å². The number of piperazine rings is 1. The Morgan fingerprint density at radius 2 is 1.85 bits per heavy atom. The molecule has 2 aromatic carbocycles. The van der Waals surface area contributed by atoms with Crippen LogP contribution in [0.4, 0.5) is 11.4 Å². The van der Waals surface area contributed by atoms with Crippen LogP contribution >= 0.6 is 11.6 Å². The molecule has 1 N–H and O–H groups in total. The van der Waals surface area contributed by atoms with E-state index in [1.54, 1.807) is 13.0 Å². The molecule has 1 amide bonds. The number of anilines is 1. The van der Waals surface area contributed by atoms with E-state index in [0.717, 1.165) is 5.69 Å². The molecule has 2 aliphatic rings. The van der Waals surface area contributed by atoms with Gasteiger partial charge in [-0.1, -0.05) is 23.7 Å². The van der Waals surface area contributed by atoms with Gasteiger partial charge < -0.3 is 14.5 Å². The van der Waals surface area contributed by atoms with E-state index in [-0.39, 0.29) is 12.3 Å². The predicted molar refractivity (Wildman–Crippen MR) is 127 cm³/mol. The number of nitro groups is 1. The molecule has 0 saturated carbocycles. The van der Waals surface area contributed by atoms with Crippen molar-refractivity contribution in [2.45, 2.75) is 13.0 Å². The zero-order chi connectivity index (χ0) is 24.2. The minimum atomic E-state index is -1.24. The summed E-state index contributed by atoms with van der Waals surface area (Å²) in [4.78, 5) is 45.2. The van der Waals surface area contributed by atoms with Gasteiger partial charge in [0.25, 0.3) is 5.69 Å². The third kappa shape index (κ3) is 4.96. The molecule has 1 saturated heterocycles. The maximum absolute atomic E-state index is 13.0. The summed E-state index contributed by atoms with van der Waals surface area (Å²) in [7, 11) is 0. The topological polar surface area (TPSA) is 117 Å². The van der Waals surface area contributed by atoms with Crippen LogP contribution in [0.3, 0.4) is 0 Å². The lowest BCUT2D eigenvalue weighted by Gasteiger charge is -2.39. The SMILES string of the molecule is CCOC(=O)[C@@H]1C(=O)NC(N2CCN(c3ccc(Cl)cc3)CC2)=N[C@H]1c1cccc([N+](=O)[O-])c1. The molecule has 1 fully saturated rings. The molecule has 0 spiro atoms. The Labute approximate surface area is 201 Å². The number of carbonyl (C=O) groups excluding carboxylic acids is 2. The molecule has 2 aromatic rings. The number of hydrogen-bond donors (Lipinski definition) is 1. The number of nitrogens with one attached hydrogen (secondary N) is 1. The zero-order valence-electron chi connectivity index (χ0n) is 18.5. The molecule has 0 unspecified atom stereocenters. The number of ether oxygens (including phenoxy) is 1. The molecule has 10 nitrogen and oxygen atoms in total. The fourth-order valence-corrected chi connectivity index (χ4v) is 4.24. The minimum Gasteiger partial charge on any atom is -0.465 e. The van der Waals surface area contributed by atoms with Crippen LogP contribution in [0.25, 0.3) is 0 Å². The van der Waals surface area contributed by atoms with E-state index < -0.39 is 28.8 Å². The standard InChI is InChI=1S/C23H24ClN5O5/c1-2-34-22(31)19-20(15-4-3-5-18(14-15)29(32)33)25-23(26-21(19)30)28-12-10-27(11-13-28)17-8-6-16(24)7-9-17/h3-9,14,19-20H,2,10-13H2,1H3,(H,25,26,30)/t19-,20-/m0/s1. The lowest BCUT2D eigenvalue weighted by atomic mass is 9.91. The van der Waals surface area contributed by atoms with Crippen molar-refractivity contribution in [1.29, 1.82) is 0 Å². The number of nitro benzene ring substituents is 1. The number of hydrogen-bond acceptors (Lipinski definition) is 8. The molecular weight excluding hydrogens is 462 g/mol. The average Bonchev–Trinajstić information content (AvgIpc) is 2.84. The van der Waals surface area contributed by atoms with E-state index in [2.05, 4.69) is 15.2 Å². The molecule has 0 bridgehead atoms. The Morgan fingerprint density at radius 3 is 2.50 bits per heavy atom. The number of halogens is 1. The lowest BCUT2D eigenvalue weighted by molar-refractivity contribution is -0.384. The van der Waals surface area contributed by atoms with E-state index in [0.29, 0.717) is 42.7 Å². The second kappa shape index (κ2) is 10.1. The van der Waals surface area contributed by atoms with Gasteiger partial charge in [-0.2, -0.15) is 0 Å². The van der Waals surface area contributed by atoms with Gasteiger partial charge in [-0.05, 0) is 36.8 Å². The van der Waals surface area contributed by atoms with E-state index >= 15 is 0 Å². The fourth-order valence-electron chi connectivity index (χ4n) is 4.12. The van der Waals surface area contributed by atoms with Crippen molar-refractivity contribution < 1.29 is 19.2 Å². The van der Waals surface area contributed by atoms with Crippen LogP contribution in [0.15, 0.2) is 53.5 Å². The van der Waals surface area contributed by atoms with E-state index in [4.69, 9.17) is 16.3 Å². The monoisotopic (exact) mass is 485 g/mol. The van der Waals surface area contributed by atoms with Gasteiger partial charge in [0, 0.05) is 49.0 Å². The summed E-state index contributed by atoms with van der Waals surface area (Å²) in [5.41, 5.74) is 1.31. The van der Waals surface area contributed by atoms with Gasteiger partial charge in [0.05, 0.1) is 11.5 Å². The van der Waals surface area contributed by atoms with Crippen LogP contribution in [0, 0.1) is 16.0 Å². The largest absolute Gasteiger partial charge is 0.465 e. The number of guanidine groups is 1. The fraction of sp³-hybridized carbons (Fsp3) is 0.348. The van der Waals surface area contributed by atoms with Crippen molar-refractivity contribution in [3.63, 3.8) is 0 Å².